The van der Waals surface area contributed by atoms with Crippen LogP contribution in [0.15, 0.2) is 30.5 Å². The van der Waals surface area contributed by atoms with Crippen LogP contribution in [0.1, 0.15) is 11.1 Å². The summed E-state index contributed by atoms with van der Waals surface area (Å²) in [4.78, 5) is 33.6. The van der Waals surface area contributed by atoms with Crippen molar-refractivity contribution in [3.8, 4) is 0 Å². The number of anilines is 1. The summed E-state index contributed by atoms with van der Waals surface area (Å²) in [6.07, 6.45) is 1.45. The molecule has 152 valence electrons. The number of piperazine rings is 1. The van der Waals surface area contributed by atoms with Crippen molar-refractivity contribution in [2.75, 3.05) is 24.7 Å². The van der Waals surface area contributed by atoms with E-state index in [1.54, 1.807) is 19.1 Å². The highest BCUT2D eigenvalue weighted by Crippen LogP contribution is 2.31. The van der Waals surface area contributed by atoms with Gasteiger partial charge in [0.25, 0.3) is 5.91 Å². The first-order chi connectivity index (χ1) is 13.8. The fourth-order valence-electron chi connectivity index (χ4n) is 3.66. The third kappa shape index (κ3) is 3.82. The number of hydrogen-bond acceptors (Lipinski definition) is 4. The van der Waals surface area contributed by atoms with Gasteiger partial charge in [0.1, 0.15) is 24.2 Å². The Morgan fingerprint density at radius 2 is 2.00 bits per heavy atom. The minimum Gasteiger partial charge on any atom is -0.380 e. The van der Waals surface area contributed by atoms with Gasteiger partial charge in [-0.05, 0) is 36.2 Å². The van der Waals surface area contributed by atoms with Crippen molar-refractivity contribution in [1.82, 2.24) is 9.88 Å². The van der Waals surface area contributed by atoms with Gasteiger partial charge >= 0.3 is 0 Å². The molecule has 3 heterocycles. The summed E-state index contributed by atoms with van der Waals surface area (Å²) in [6.45, 7) is 2.53. The van der Waals surface area contributed by atoms with Crippen LogP contribution in [0.3, 0.4) is 0 Å². The van der Waals surface area contributed by atoms with Crippen LogP contribution in [0.5, 0.6) is 0 Å². The second-order valence-corrected chi connectivity index (χ2v) is 8.07. The molecule has 0 aliphatic carbocycles. The Hall–Kier alpha value is -2.22. The number of aryl methyl sites for hydroxylation is 1. The van der Waals surface area contributed by atoms with Crippen molar-refractivity contribution in [3.05, 3.63) is 57.5 Å². The van der Waals surface area contributed by atoms with Crippen molar-refractivity contribution in [2.24, 2.45) is 5.92 Å². The number of amides is 2. The van der Waals surface area contributed by atoms with Gasteiger partial charge in [-0.3, -0.25) is 14.5 Å². The predicted molar refractivity (Wildman–Crippen MR) is 106 cm³/mol. The molecule has 0 radical (unpaired) electrons. The largest absolute Gasteiger partial charge is 0.380 e. The Morgan fingerprint density at radius 3 is 2.62 bits per heavy atom. The summed E-state index contributed by atoms with van der Waals surface area (Å²) in [6, 6.07) is 5.37. The third-order valence-corrected chi connectivity index (χ3v) is 5.70. The molecular weight excluding hydrogens is 420 g/mol. The van der Waals surface area contributed by atoms with E-state index in [1.807, 2.05) is 0 Å². The molecule has 6 nitrogen and oxygen atoms in total. The summed E-state index contributed by atoms with van der Waals surface area (Å²) in [5.74, 6) is -0.751. The summed E-state index contributed by atoms with van der Waals surface area (Å²) >= 11 is 11.7. The zero-order valence-corrected chi connectivity index (χ0v) is 17.1. The maximum atomic E-state index is 13.9. The van der Waals surface area contributed by atoms with Crippen LogP contribution in [-0.4, -0.2) is 47.5 Å². The summed E-state index contributed by atoms with van der Waals surface area (Å²) in [5.41, 5.74) is 1.27. The van der Waals surface area contributed by atoms with Gasteiger partial charge in [-0.2, -0.15) is 0 Å². The maximum absolute atomic E-state index is 13.9. The molecule has 1 aromatic heterocycles. The van der Waals surface area contributed by atoms with E-state index in [9.17, 15) is 14.0 Å². The number of halogens is 3. The predicted octanol–water partition coefficient (Wildman–Crippen LogP) is 3.23. The van der Waals surface area contributed by atoms with Gasteiger partial charge in [-0.25, -0.2) is 9.37 Å². The Morgan fingerprint density at radius 1 is 1.24 bits per heavy atom. The molecule has 9 heteroatoms. The minimum absolute atomic E-state index is 0.00852. The van der Waals surface area contributed by atoms with Crippen LogP contribution in [0.2, 0.25) is 10.0 Å². The number of pyridine rings is 1. The number of carbonyl (C=O) groups is 2. The van der Waals surface area contributed by atoms with E-state index < -0.39 is 11.9 Å². The molecule has 1 atom stereocenters. The molecule has 2 saturated heterocycles. The van der Waals surface area contributed by atoms with Crippen LogP contribution >= 0.6 is 23.2 Å². The molecule has 2 aromatic rings. The Bertz CT molecular complexity index is 983. The first kappa shape index (κ1) is 20.1. The lowest BCUT2D eigenvalue weighted by molar-refractivity contribution is -0.155. The number of rotatable bonds is 4. The highest BCUT2D eigenvalue weighted by molar-refractivity contribution is 6.31. The fraction of sp³-hybridized carbons (Fsp3) is 0.350. The number of benzene rings is 1. The SMILES string of the molecule is Cc1cc(Cl)cnc1N1CC(=O)N(Cc2ccc(Cl)c(F)c2)C(C2COC2)C1=O. The topological polar surface area (TPSA) is 62.7 Å². The molecule has 29 heavy (non-hydrogen) atoms. The van der Waals surface area contributed by atoms with Crippen LogP contribution in [0.4, 0.5) is 10.2 Å². The Balaban J connectivity index is 1.66. The summed E-state index contributed by atoms with van der Waals surface area (Å²) in [5, 5.41) is 0.464. The minimum atomic E-state index is -0.708. The molecule has 2 aliphatic rings. The molecule has 2 fully saturated rings. The number of aromatic nitrogens is 1. The average molecular weight is 438 g/mol. The van der Waals surface area contributed by atoms with Gasteiger partial charge in [0.05, 0.1) is 23.3 Å². The zero-order chi connectivity index (χ0) is 20.7. The van der Waals surface area contributed by atoms with Gasteiger partial charge in [0, 0.05) is 18.7 Å². The number of hydrogen-bond donors (Lipinski definition) is 0. The average Bonchev–Trinajstić information content (AvgIpc) is 2.62. The lowest BCUT2D eigenvalue weighted by Gasteiger charge is -2.45. The van der Waals surface area contributed by atoms with E-state index in [4.69, 9.17) is 27.9 Å². The smallest absolute Gasteiger partial charge is 0.251 e. The van der Waals surface area contributed by atoms with E-state index in [0.29, 0.717) is 35.2 Å². The van der Waals surface area contributed by atoms with Crippen molar-refractivity contribution in [2.45, 2.75) is 19.5 Å². The molecular formula is C20H18Cl2FN3O3. The molecule has 2 aliphatic heterocycles. The molecule has 1 aromatic carbocycles. The Kier molecular flexibility index (Phi) is 5.46. The fourth-order valence-corrected chi connectivity index (χ4v) is 3.99. The number of nitrogens with zero attached hydrogens (tertiary/aromatic N) is 3. The first-order valence-electron chi connectivity index (χ1n) is 9.10. The monoisotopic (exact) mass is 437 g/mol. The van der Waals surface area contributed by atoms with Crippen molar-refractivity contribution >= 4 is 40.8 Å². The van der Waals surface area contributed by atoms with E-state index in [-0.39, 0.29) is 35.8 Å². The first-order valence-corrected chi connectivity index (χ1v) is 9.85. The lowest BCUT2D eigenvalue weighted by Crippen LogP contribution is -2.65. The zero-order valence-electron chi connectivity index (χ0n) is 15.6. The number of carbonyl (C=O) groups excluding carboxylic acids is 2. The van der Waals surface area contributed by atoms with Gasteiger partial charge < -0.3 is 9.64 Å². The summed E-state index contributed by atoms with van der Waals surface area (Å²) in [7, 11) is 0. The van der Waals surface area contributed by atoms with E-state index >= 15 is 0 Å². The van der Waals surface area contributed by atoms with Gasteiger partial charge in [0.2, 0.25) is 5.91 Å². The molecule has 4 rings (SSSR count). The maximum Gasteiger partial charge on any atom is 0.251 e. The Labute approximate surface area is 177 Å². The molecule has 0 N–H and O–H groups in total. The van der Waals surface area contributed by atoms with E-state index in [1.165, 1.54) is 28.1 Å². The standard InChI is InChI=1S/C20H18Cl2FN3O3/c1-11-4-14(21)6-24-19(11)26-8-17(27)25(18(20(26)28)13-9-29-10-13)7-12-2-3-15(22)16(23)5-12/h2-6,13,18H,7-10H2,1H3. The van der Waals surface area contributed by atoms with Crippen LogP contribution in [0, 0.1) is 18.7 Å². The molecule has 0 saturated carbocycles. The molecule has 0 bridgehead atoms. The van der Waals surface area contributed by atoms with Crippen LogP contribution < -0.4 is 4.90 Å². The summed E-state index contributed by atoms with van der Waals surface area (Å²) < 4.78 is 19.1. The van der Waals surface area contributed by atoms with Crippen LogP contribution in [-0.2, 0) is 20.9 Å². The normalized spacial score (nSPS) is 20.2. The quantitative estimate of drug-likeness (QED) is 0.736. The van der Waals surface area contributed by atoms with Crippen molar-refractivity contribution in [1.29, 1.82) is 0 Å². The van der Waals surface area contributed by atoms with Gasteiger partial charge in [0.15, 0.2) is 0 Å². The molecule has 0 spiro atoms. The lowest BCUT2D eigenvalue weighted by atomic mass is 9.92. The highest BCUT2D eigenvalue weighted by atomic mass is 35.5. The molecule has 2 amide bonds. The van der Waals surface area contributed by atoms with E-state index in [0.717, 1.165) is 0 Å². The highest BCUT2D eigenvalue weighted by Gasteiger charge is 2.47. The van der Waals surface area contributed by atoms with Crippen molar-refractivity contribution in [3.63, 3.8) is 0 Å². The number of ether oxygens (including phenoxy) is 1. The second-order valence-electron chi connectivity index (χ2n) is 7.23. The van der Waals surface area contributed by atoms with Crippen LogP contribution in [0.25, 0.3) is 0 Å². The van der Waals surface area contributed by atoms with Gasteiger partial charge in [-0.1, -0.05) is 29.3 Å². The van der Waals surface area contributed by atoms with Gasteiger partial charge in [-0.15, -0.1) is 0 Å². The van der Waals surface area contributed by atoms with E-state index in [2.05, 4.69) is 4.98 Å². The molecule has 1 unspecified atom stereocenters. The van der Waals surface area contributed by atoms with Crippen molar-refractivity contribution < 1.29 is 18.7 Å². The third-order valence-electron chi connectivity index (χ3n) is 5.19. The second kappa shape index (κ2) is 7.89.